The molecule has 0 bridgehead atoms. The molecule has 0 saturated heterocycles. The summed E-state index contributed by atoms with van der Waals surface area (Å²) < 4.78 is 9.63. The molecule has 0 fully saturated rings. The number of para-hydroxylation sites is 1. The van der Waals surface area contributed by atoms with E-state index in [9.17, 15) is 4.79 Å². The Morgan fingerprint density at radius 2 is 2.07 bits per heavy atom. The van der Waals surface area contributed by atoms with Gasteiger partial charge in [-0.25, -0.2) is 4.79 Å². The van der Waals surface area contributed by atoms with Crippen molar-refractivity contribution in [3.63, 3.8) is 0 Å². The molecule has 2 rings (SSSR count). The van der Waals surface area contributed by atoms with Crippen LogP contribution in [0.25, 0.3) is 0 Å². The Balaban J connectivity index is 1.94. The standard InChI is InChI=1S/C10H8N2O3/c13-10(12-9-6-7-11-15-9)14-8-4-2-1-3-5-8/h1-7H,(H,12,13). The van der Waals surface area contributed by atoms with Crippen molar-refractivity contribution in [1.29, 1.82) is 0 Å². The maximum atomic E-state index is 11.3. The molecule has 5 nitrogen and oxygen atoms in total. The lowest BCUT2D eigenvalue weighted by atomic mass is 10.3. The van der Waals surface area contributed by atoms with E-state index in [0.29, 0.717) is 5.75 Å². The number of amides is 1. The summed E-state index contributed by atoms with van der Waals surface area (Å²) in [5.74, 6) is 0.713. The zero-order chi connectivity index (χ0) is 10.5. The van der Waals surface area contributed by atoms with Crippen molar-refractivity contribution in [2.24, 2.45) is 0 Å². The quantitative estimate of drug-likeness (QED) is 0.815. The molecule has 0 aliphatic heterocycles. The van der Waals surface area contributed by atoms with E-state index in [0.717, 1.165) is 0 Å². The van der Waals surface area contributed by atoms with E-state index in [1.54, 1.807) is 24.3 Å². The highest BCUT2D eigenvalue weighted by Crippen LogP contribution is 2.10. The summed E-state index contributed by atoms with van der Waals surface area (Å²) in [5.41, 5.74) is 0. The van der Waals surface area contributed by atoms with E-state index in [2.05, 4.69) is 15.0 Å². The molecule has 0 aliphatic rings. The molecular formula is C10H8N2O3. The summed E-state index contributed by atoms with van der Waals surface area (Å²) in [6, 6.07) is 10.3. The Kier molecular flexibility index (Phi) is 2.64. The SMILES string of the molecule is O=C(Nc1ccno1)Oc1ccccc1. The topological polar surface area (TPSA) is 64.4 Å². The molecule has 0 unspecified atom stereocenters. The predicted octanol–water partition coefficient (Wildman–Crippen LogP) is 2.29. The third-order valence-electron chi connectivity index (χ3n) is 1.62. The Hall–Kier alpha value is -2.30. The lowest BCUT2D eigenvalue weighted by Gasteiger charge is -2.02. The number of ether oxygens (including phenoxy) is 1. The van der Waals surface area contributed by atoms with Crippen LogP contribution in [0.3, 0.4) is 0 Å². The monoisotopic (exact) mass is 204 g/mol. The summed E-state index contributed by atoms with van der Waals surface area (Å²) in [4.78, 5) is 11.3. The summed E-state index contributed by atoms with van der Waals surface area (Å²) in [5, 5.41) is 5.82. The largest absolute Gasteiger partial charge is 0.419 e. The van der Waals surface area contributed by atoms with Crippen LogP contribution in [0.15, 0.2) is 47.1 Å². The minimum Gasteiger partial charge on any atom is -0.410 e. The van der Waals surface area contributed by atoms with Crippen LogP contribution >= 0.6 is 0 Å². The second-order valence-corrected chi connectivity index (χ2v) is 2.70. The van der Waals surface area contributed by atoms with Crippen LogP contribution in [0.2, 0.25) is 0 Å². The van der Waals surface area contributed by atoms with Gasteiger partial charge in [-0.3, -0.25) is 5.32 Å². The van der Waals surface area contributed by atoms with E-state index < -0.39 is 6.09 Å². The molecule has 0 saturated carbocycles. The highest BCUT2D eigenvalue weighted by atomic mass is 16.6. The predicted molar refractivity (Wildman–Crippen MR) is 52.6 cm³/mol. The van der Waals surface area contributed by atoms with Crippen LogP contribution < -0.4 is 10.1 Å². The third kappa shape index (κ3) is 2.57. The zero-order valence-electron chi connectivity index (χ0n) is 7.71. The highest BCUT2D eigenvalue weighted by Gasteiger charge is 2.06. The van der Waals surface area contributed by atoms with Gasteiger partial charge in [0.15, 0.2) is 0 Å². The smallest absolute Gasteiger partial charge is 0.410 e. The van der Waals surface area contributed by atoms with Crippen LogP contribution in [0.4, 0.5) is 10.7 Å². The van der Waals surface area contributed by atoms with Crippen molar-refractivity contribution in [1.82, 2.24) is 5.16 Å². The minimum absolute atomic E-state index is 0.246. The fourth-order valence-electron chi connectivity index (χ4n) is 1.00. The average Bonchev–Trinajstić information content (AvgIpc) is 2.71. The number of rotatable bonds is 2. The fraction of sp³-hybridized carbons (Fsp3) is 0. The first-order chi connectivity index (χ1) is 7.34. The van der Waals surface area contributed by atoms with Crippen molar-refractivity contribution >= 4 is 12.0 Å². The number of anilines is 1. The normalized spacial score (nSPS) is 9.60. The van der Waals surface area contributed by atoms with E-state index in [4.69, 9.17) is 4.74 Å². The molecule has 0 aliphatic carbocycles. The number of nitrogens with zero attached hydrogens (tertiary/aromatic N) is 1. The molecule has 1 N–H and O–H groups in total. The first-order valence-corrected chi connectivity index (χ1v) is 4.29. The van der Waals surface area contributed by atoms with Gasteiger partial charge >= 0.3 is 6.09 Å². The Bertz CT molecular complexity index is 425. The summed E-state index contributed by atoms with van der Waals surface area (Å²) in [6.07, 6.45) is 0.816. The number of benzene rings is 1. The average molecular weight is 204 g/mol. The van der Waals surface area contributed by atoms with Gasteiger partial charge in [0, 0.05) is 6.07 Å². The molecule has 1 heterocycles. The van der Waals surface area contributed by atoms with Crippen LogP contribution in [0.1, 0.15) is 0 Å². The Labute approximate surface area is 85.6 Å². The summed E-state index contributed by atoms with van der Waals surface area (Å²) >= 11 is 0. The van der Waals surface area contributed by atoms with E-state index in [-0.39, 0.29) is 5.88 Å². The van der Waals surface area contributed by atoms with E-state index >= 15 is 0 Å². The molecule has 1 amide bonds. The van der Waals surface area contributed by atoms with Gasteiger partial charge in [0.05, 0.1) is 6.20 Å². The van der Waals surface area contributed by atoms with Gasteiger partial charge in [0.25, 0.3) is 0 Å². The van der Waals surface area contributed by atoms with Gasteiger partial charge in [-0.15, -0.1) is 0 Å². The van der Waals surface area contributed by atoms with Crippen LogP contribution in [0, 0.1) is 0 Å². The van der Waals surface area contributed by atoms with Crippen molar-refractivity contribution in [2.75, 3.05) is 5.32 Å². The molecule has 0 atom stereocenters. The number of nitrogens with one attached hydrogen (secondary N) is 1. The molecule has 2 aromatic rings. The Morgan fingerprint density at radius 3 is 2.73 bits per heavy atom. The fourth-order valence-corrected chi connectivity index (χ4v) is 1.00. The van der Waals surface area contributed by atoms with Crippen molar-refractivity contribution in [2.45, 2.75) is 0 Å². The van der Waals surface area contributed by atoms with Gasteiger partial charge in [0.1, 0.15) is 5.75 Å². The molecule has 5 heteroatoms. The molecule has 1 aromatic heterocycles. The lowest BCUT2D eigenvalue weighted by molar-refractivity contribution is 0.214. The van der Waals surface area contributed by atoms with Crippen LogP contribution in [-0.2, 0) is 0 Å². The van der Waals surface area contributed by atoms with E-state index in [1.165, 1.54) is 12.3 Å². The number of carbonyl (C=O) groups is 1. The molecular weight excluding hydrogens is 196 g/mol. The van der Waals surface area contributed by atoms with Crippen molar-refractivity contribution < 1.29 is 14.1 Å². The van der Waals surface area contributed by atoms with Gasteiger partial charge in [-0.05, 0) is 12.1 Å². The lowest BCUT2D eigenvalue weighted by Crippen LogP contribution is -2.16. The molecule has 0 spiro atoms. The molecule has 1 aromatic carbocycles. The first-order valence-electron chi connectivity index (χ1n) is 4.29. The van der Waals surface area contributed by atoms with Gasteiger partial charge in [0.2, 0.25) is 5.88 Å². The zero-order valence-corrected chi connectivity index (χ0v) is 7.71. The third-order valence-corrected chi connectivity index (χ3v) is 1.62. The first kappa shape index (κ1) is 9.26. The number of aromatic nitrogens is 1. The van der Waals surface area contributed by atoms with Gasteiger partial charge < -0.3 is 9.26 Å². The highest BCUT2D eigenvalue weighted by molar-refractivity contribution is 5.84. The van der Waals surface area contributed by atoms with Crippen LogP contribution in [0.5, 0.6) is 5.75 Å². The van der Waals surface area contributed by atoms with E-state index in [1.807, 2.05) is 6.07 Å². The van der Waals surface area contributed by atoms with Gasteiger partial charge in [-0.1, -0.05) is 23.4 Å². The maximum Gasteiger partial charge on any atom is 0.419 e. The second-order valence-electron chi connectivity index (χ2n) is 2.70. The second kappa shape index (κ2) is 4.28. The van der Waals surface area contributed by atoms with Crippen molar-refractivity contribution in [3.05, 3.63) is 42.6 Å². The van der Waals surface area contributed by atoms with Gasteiger partial charge in [-0.2, -0.15) is 0 Å². The molecule has 15 heavy (non-hydrogen) atoms. The number of carbonyl (C=O) groups excluding carboxylic acids is 1. The Morgan fingerprint density at radius 1 is 1.27 bits per heavy atom. The number of hydrogen-bond donors (Lipinski definition) is 1. The summed E-state index contributed by atoms with van der Waals surface area (Å²) in [6.45, 7) is 0. The van der Waals surface area contributed by atoms with Crippen LogP contribution in [-0.4, -0.2) is 11.2 Å². The minimum atomic E-state index is -0.613. The molecule has 76 valence electrons. The molecule has 0 radical (unpaired) electrons. The van der Waals surface area contributed by atoms with Crippen molar-refractivity contribution in [3.8, 4) is 5.75 Å². The summed E-state index contributed by atoms with van der Waals surface area (Å²) in [7, 11) is 0. The number of hydrogen-bond acceptors (Lipinski definition) is 4. The maximum absolute atomic E-state index is 11.3.